The Morgan fingerprint density at radius 2 is 2.54 bits per heavy atom. The van der Waals surface area contributed by atoms with E-state index in [0.29, 0.717) is 11.4 Å². The first-order valence-electron chi connectivity index (χ1n) is 3.47. The minimum absolute atomic E-state index is 0.137. The van der Waals surface area contributed by atoms with Crippen molar-refractivity contribution in [2.75, 3.05) is 7.11 Å². The molecule has 0 atom stereocenters. The highest BCUT2D eigenvalue weighted by molar-refractivity contribution is 7.71. The highest BCUT2D eigenvalue weighted by Gasteiger charge is 2.07. The van der Waals surface area contributed by atoms with Crippen LogP contribution < -0.4 is 4.74 Å². The smallest absolute Gasteiger partial charge is 0.308 e. The molecule has 0 unspecified atom stereocenters. The van der Waals surface area contributed by atoms with Gasteiger partial charge in [0.05, 0.1) is 13.5 Å². The molecule has 1 aromatic heterocycles. The first-order valence-corrected chi connectivity index (χ1v) is 3.88. The Hall–Kier alpha value is -1.43. The Balaban J connectivity index is 3.06. The van der Waals surface area contributed by atoms with Crippen LogP contribution in [0.3, 0.4) is 0 Å². The molecular formula is C7H8N2O3S. The minimum Gasteiger partial charge on any atom is -0.482 e. The third-order valence-electron chi connectivity index (χ3n) is 1.40. The Kier molecular flexibility index (Phi) is 2.97. The third kappa shape index (κ3) is 2.51. The molecule has 0 saturated carbocycles. The number of nitrogens with zero attached hydrogens (tertiary/aromatic N) is 1. The van der Waals surface area contributed by atoms with Crippen LogP contribution in [0.5, 0.6) is 5.88 Å². The van der Waals surface area contributed by atoms with Crippen molar-refractivity contribution in [2.45, 2.75) is 6.42 Å². The summed E-state index contributed by atoms with van der Waals surface area (Å²) in [5.41, 5.74) is 0.476. The molecule has 1 rings (SSSR count). The predicted molar refractivity (Wildman–Crippen MR) is 47.3 cm³/mol. The summed E-state index contributed by atoms with van der Waals surface area (Å²) in [5.74, 6) is -0.590. The van der Waals surface area contributed by atoms with Crippen LogP contribution >= 0.6 is 12.2 Å². The van der Waals surface area contributed by atoms with E-state index in [1.54, 1.807) is 0 Å². The fourth-order valence-electron chi connectivity index (χ4n) is 0.876. The van der Waals surface area contributed by atoms with E-state index in [0.717, 1.165) is 0 Å². The monoisotopic (exact) mass is 200 g/mol. The van der Waals surface area contributed by atoms with Crippen LogP contribution in [0.1, 0.15) is 5.56 Å². The van der Waals surface area contributed by atoms with Crippen molar-refractivity contribution in [3.63, 3.8) is 0 Å². The summed E-state index contributed by atoms with van der Waals surface area (Å²) in [6.45, 7) is 0. The van der Waals surface area contributed by atoms with Crippen LogP contribution in [0.2, 0.25) is 0 Å². The van der Waals surface area contributed by atoms with Gasteiger partial charge in [0.1, 0.15) is 0 Å². The lowest BCUT2D eigenvalue weighted by molar-refractivity contribution is -0.136. The Bertz CT molecular complexity index is 374. The summed E-state index contributed by atoms with van der Waals surface area (Å²) >= 11 is 4.74. The molecule has 0 saturated heterocycles. The summed E-state index contributed by atoms with van der Waals surface area (Å²) in [5, 5.41) is 8.53. The quantitative estimate of drug-likeness (QED) is 0.705. The molecule has 6 heteroatoms. The van der Waals surface area contributed by atoms with Gasteiger partial charge >= 0.3 is 5.97 Å². The van der Waals surface area contributed by atoms with Gasteiger partial charge < -0.3 is 14.8 Å². The fraction of sp³-hybridized carbons (Fsp3) is 0.286. The first-order chi connectivity index (χ1) is 6.13. The molecule has 0 aliphatic heterocycles. The number of rotatable bonds is 3. The highest BCUT2D eigenvalue weighted by atomic mass is 32.1. The van der Waals surface area contributed by atoms with Crippen LogP contribution in [-0.4, -0.2) is 28.2 Å². The summed E-state index contributed by atoms with van der Waals surface area (Å²) in [4.78, 5) is 16.8. The van der Waals surface area contributed by atoms with Gasteiger partial charge in [-0.25, -0.2) is 4.98 Å². The number of carbonyl (C=O) groups is 1. The number of carboxylic acid groups (broad SMARTS) is 1. The van der Waals surface area contributed by atoms with E-state index in [4.69, 9.17) is 22.1 Å². The zero-order valence-electron chi connectivity index (χ0n) is 6.90. The molecule has 0 spiro atoms. The first kappa shape index (κ1) is 9.66. The summed E-state index contributed by atoms with van der Waals surface area (Å²) in [6.07, 6.45) is 1.26. The summed E-state index contributed by atoms with van der Waals surface area (Å²) in [6, 6.07) is 0. The van der Waals surface area contributed by atoms with E-state index in [-0.39, 0.29) is 11.2 Å². The highest BCUT2D eigenvalue weighted by Crippen LogP contribution is 2.12. The molecule has 0 aromatic carbocycles. The Morgan fingerprint density at radius 1 is 1.85 bits per heavy atom. The van der Waals surface area contributed by atoms with Crippen LogP contribution in [0.4, 0.5) is 0 Å². The molecule has 0 amide bonds. The maximum Gasteiger partial charge on any atom is 0.308 e. The van der Waals surface area contributed by atoms with Gasteiger partial charge in [0.15, 0.2) is 10.7 Å². The SMILES string of the molecule is COc1[nH]c(=S)ncc1CC(=O)O. The molecule has 5 nitrogen and oxygen atoms in total. The van der Waals surface area contributed by atoms with Gasteiger partial charge in [0.2, 0.25) is 0 Å². The molecule has 0 aliphatic carbocycles. The van der Waals surface area contributed by atoms with Gasteiger partial charge in [-0.1, -0.05) is 0 Å². The Morgan fingerprint density at radius 3 is 3.08 bits per heavy atom. The zero-order chi connectivity index (χ0) is 9.84. The van der Waals surface area contributed by atoms with Crippen LogP contribution in [-0.2, 0) is 11.2 Å². The molecule has 0 bridgehead atoms. The summed E-state index contributed by atoms with van der Waals surface area (Å²) < 4.78 is 5.17. The van der Waals surface area contributed by atoms with Crippen molar-refractivity contribution in [3.8, 4) is 5.88 Å². The molecule has 70 valence electrons. The average molecular weight is 200 g/mol. The van der Waals surface area contributed by atoms with E-state index in [2.05, 4.69) is 9.97 Å². The minimum atomic E-state index is -0.939. The maximum atomic E-state index is 10.4. The lowest BCUT2D eigenvalue weighted by Crippen LogP contribution is -2.04. The number of aliphatic carboxylic acids is 1. The van der Waals surface area contributed by atoms with Gasteiger partial charge in [-0.2, -0.15) is 0 Å². The number of ether oxygens (including phenoxy) is 1. The van der Waals surface area contributed by atoms with Crippen LogP contribution in [0.15, 0.2) is 6.20 Å². The van der Waals surface area contributed by atoms with Gasteiger partial charge in [0, 0.05) is 11.8 Å². The van der Waals surface area contributed by atoms with E-state index in [1.165, 1.54) is 13.3 Å². The normalized spacial score (nSPS) is 9.62. The zero-order valence-corrected chi connectivity index (χ0v) is 7.72. The average Bonchev–Trinajstić information content (AvgIpc) is 2.07. The fourth-order valence-corrected chi connectivity index (χ4v) is 1.02. The van der Waals surface area contributed by atoms with Gasteiger partial charge in [0.25, 0.3) is 0 Å². The number of hydrogen-bond acceptors (Lipinski definition) is 4. The number of methoxy groups -OCH3 is 1. The van der Waals surface area contributed by atoms with Crippen molar-refractivity contribution in [3.05, 3.63) is 16.5 Å². The van der Waals surface area contributed by atoms with Crippen molar-refractivity contribution in [1.29, 1.82) is 0 Å². The summed E-state index contributed by atoms with van der Waals surface area (Å²) in [7, 11) is 1.44. The lowest BCUT2D eigenvalue weighted by atomic mass is 10.2. The second-order valence-corrected chi connectivity index (χ2v) is 2.70. The van der Waals surface area contributed by atoms with E-state index in [9.17, 15) is 4.79 Å². The Labute approximate surface area is 79.4 Å². The maximum absolute atomic E-state index is 10.4. The number of aromatic nitrogens is 2. The number of H-pyrrole nitrogens is 1. The van der Waals surface area contributed by atoms with Crippen molar-refractivity contribution >= 4 is 18.2 Å². The lowest BCUT2D eigenvalue weighted by Gasteiger charge is -2.04. The molecule has 1 heterocycles. The largest absolute Gasteiger partial charge is 0.482 e. The van der Waals surface area contributed by atoms with Crippen LogP contribution in [0.25, 0.3) is 0 Å². The molecule has 1 aromatic rings. The van der Waals surface area contributed by atoms with Crippen LogP contribution in [0, 0.1) is 4.77 Å². The molecule has 13 heavy (non-hydrogen) atoms. The molecule has 0 aliphatic rings. The number of aromatic amines is 1. The van der Waals surface area contributed by atoms with Crippen molar-refractivity contribution in [2.24, 2.45) is 0 Å². The predicted octanol–water partition coefficient (Wildman–Crippen LogP) is 0.775. The molecule has 2 N–H and O–H groups in total. The van der Waals surface area contributed by atoms with E-state index >= 15 is 0 Å². The number of nitrogens with one attached hydrogen (secondary N) is 1. The standard InChI is InChI=1S/C7H8N2O3S/c1-12-6-4(2-5(10)11)3-8-7(13)9-6/h3H,2H2,1H3,(H,10,11)(H,8,9,13). The van der Waals surface area contributed by atoms with Gasteiger partial charge in [-0.05, 0) is 12.2 Å². The van der Waals surface area contributed by atoms with Crippen molar-refractivity contribution < 1.29 is 14.6 Å². The van der Waals surface area contributed by atoms with Crippen molar-refractivity contribution in [1.82, 2.24) is 9.97 Å². The molecule has 0 fully saturated rings. The molecule has 0 radical (unpaired) electrons. The second-order valence-electron chi connectivity index (χ2n) is 2.32. The second kappa shape index (κ2) is 3.99. The third-order valence-corrected chi connectivity index (χ3v) is 1.60. The van der Waals surface area contributed by atoms with Gasteiger partial charge in [-0.15, -0.1) is 0 Å². The van der Waals surface area contributed by atoms with E-state index in [1.807, 2.05) is 0 Å². The number of hydrogen-bond donors (Lipinski definition) is 2. The van der Waals surface area contributed by atoms with E-state index < -0.39 is 5.97 Å². The number of carboxylic acids is 1. The molecular weight excluding hydrogens is 192 g/mol. The topological polar surface area (TPSA) is 75.2 Å². The van der Waals surface area contributed by atoms with Gasteiger partial charge in [-0.3, -0.25) is 4.79 Å².